The third kappa shape index (κ3) is 3.02. The first-order chi connectivity index (χ1) is 11.1. The molecule has 1 N–H and O–H groups in total. The molecule has 0 aromatic carbocycles. The molecule has 0 bridgehead atoms. The Morgan fingerprint density at radius 2 is 1.96 bits per heavy atom. The van der Waals surface area contributed by atoms with Gasteiger partial charge in [0.15, 0.2) is 0 Å². The number of nitrogens with zero attached hydrogens (tertiary/aromatic N) is 2. The van der Waals surface area contributed by atoms with Crippen LogP contribution in [-0.2, 0) is 0 Å². The van der Waals surface area contributed by atoms with E-state index in [-0.39, 0.29) is 11.9 Å². The van der Waals surface area contributed by atoms with Gasteiger partial charge < -0.3 is 9.73 Å². The maximum atomic E-state index is 12.6. The average molecular weight is 311 g/mol. The molecule has 23 heavy (non-hydrogen) atoms. The molecule has 0 spiro atoms. The van der Waals surface area contributed by atoms with Gasteiger partial charge in [-0.2, -0.15) is 5.26 Å². The molecule has 0 atom stereocenters. The van der Waals surface area contributed by atoms with Gasteiger partial charge in [-0.25, -0.2) is 0 Å². The highest BCUT2D eigenvalue weighted by molar-refractivity contribution is 5.98. The van der Waals surface area contributed by atoms with Gasteiger partial charge >= 0.3 is 0 Å². The largest absolute Gasteiger partial charge is 0.443 e. The summed E-state index contributed by atoms with van der Waals surface area (Å²) in [5.41, 5.74) is 0.648. The van der Waals surface area contributed by atoms with Crippen molar-refractivity contribution in [2.75, 3.05) is 0 Å². The van der Waals surface area contributed by atoms with Crippen molar-refractivity contribution < 1.29 is 9.21 Å². The molecule has 2 aromatic heterocycles. The van der Waals surface area contributed by atoms with E-state index in [4.69, 9.17) is 4.42 Å². The van der Waals surface area contributed by atoms with Gasteiger partial charge in [0.25, 0.3) is 5.91 Å². The molecule has 3 rings (SSSR count). The number of nitriles is 1. The number of hydrogen-bond donors (Lipinski definition) is 1. The van der Waals surface area contributed by atoms with E-state index in [1.54, 1.807) is 23.9 Å². The van der Waals surface area contributed by atoms with Crippen LogP contribution in [0.3, 0.4) is 0 Å². The molecular formula is C18H21N3O2. The topological polar surface area (TPSA) is 71.0 Å². The third-order valence-corrected chi connectivity index (χ3v) is 4.59. The fraction of sp³-hybridized carbons (Fsp3) is 0.444. The van der Waals surface area contributed by atoms with E-state index in [0.29, 0.717) is 22.8 Å². The lowest BCUT2D eigenvalue weighted by Crippen LogP contribution is -2.37. The number of hydrogen-bond acceptors (Lipinski definition) is 3. The molecule has 1 saturated carbocycles. The van der Waals surface area contributed by atoms with Gasteiger partial charge in [0.2, 0.25) is 5.88 Å². The predicted molar refractivity (Wildman–Crippen MR) is 86.4 cm³/mol. The van der Waals surface area contributed by atoms with Gasteiger partial charge in [0.05, 0.1) is 0 Å². The second kappa shape index (κ2) is 6.33. The van der Waals surface area contributed by atoms with E-state index < -0.39 is 0 Å². The van der Waals surface area contributed by atoms with Gasteiger partial charge in [-0.05, 0) is 50.7 Å². The van der Waals surface area contributed by atoms with Crippen LogP contribution in [0.2, 0.25) is 0 Å². The van der Waals surface area contributed by atoms with Crippen LogP contribution in [0.5, 0.6) is 0 Å². The van der Waals surface area contributed by atoms with Crippen molar-refractivity contribution in [1.29, 1.82) is 5.26 Å². The molecule has 2 aromatic rings. The first-order valence-corrected chi connectivity index (χ1v) is 8.08. The first-order valence-electron chi connectivity index (χ1n) is 8.08. The van der Waals surface area contributed by atoms with E-state index in [1.165, 1.54) is 0 Å². The fourth-order valence-electron chi connectivity index (χ4n) is 3.22. The average Bonchev–Trinajstić information content (AvgIpc) is 3.16. The molecule has 5 nitrogen and oxygen atoms in total. The van der Waals surface area contributed by atoms with Crippen molar-refractivity contribution in [1.82, 2.24) is 9.88 Å². The smallest absolute Gasteiger partial charge is 0.256 e. The number of amides is 1. The van der Waals surface area contributed by atoms with Crippen molar-refractivity contribution >= 4 is 5.91 Å². The Morgan fingerprint density at radius 1 is 1.30 bits per heavy atom. The highest BCUT2D eigenvalue weighted by atomic mass is 16.4. The maximum absolute atomic E-state index is 12.6. The van der Waals surface area contributed by atoms with Gasteiger partial charge in [-0.1, -0.05) is 6.92 Å². The Balaban J connectivity index is 1.85. The third-order valence-electron chi connectivity index (χ3n) is 4.59. The summed E-state index contributed by atoms with van der Waals surface area (Å²) in [6.45, 7) is 3.97. The van der Waals surface area contributed by atoms with E-state index >= 15 is 0 Å². The SMILES string of the molecule is Cc1oc(-n2cccc2)c(C#N)c1C(=O)NC1CCC(C)CC1. The Morgan fingerprint density at radius 3 is 2.57 bits per heavy atom. The summed E-state index contributed by atoms with van der Waals surface area (Å²) < 4.78 is 7.40. The molecule has 1 fully saturated rings. The molecule has 0 saturated heterocycles. The summed E-state index contributed by atoms with van der Waals surface area (Å²) in [6.07, 6.45) is 7.85. The Kier molecular flexibility index (Phi) is 4.24. The summed E-state index contributed by atoms with van der Waals surface area (Å²) in [5.74, 6) is 1.40. The molecule has 1 aliphatic rings. The number of carbonyl (C=O) groups is 1. The Hall–Kier alpha value is -2.48. The number of aromatic nitrogens is 1. The molecule has 5 heteroatoms. The molecule has 1 amide bonds. The second-order valence-corrected chi connectivity index (χ2v) is 6.35. The molecule has 0 aliphatic heterocycles. The summed E-state index contributed by atoms with van der Waals surface area (Å²) in [6, 6.07) is 6.01. The quantitative estimate of drug-likeness (QED) is 0.942. The lowest BCUT2D eigenvalue weighted by molar-refractivity contribution is 0.0921. The first kappa shape index (κ1) is 15.4. The zero-order valence-electron chi connectivity index (χ0n) is 13.5. The maximum Gasteiger partial charge on any atom is 0.256 e. The van der Waals surface area contributed by atoms with Crippen LogP contribution in [0.25, 0.3) is 5.88 Å². The zero-order chi connectivity index (χ0) is 16.4. The highest BCUT2D eigenvalue weighted by Crippen LogP contribution is 2.27. The minimum absolute atomic E-state index is 0.189. The van der Waals surface area contributed by atoms with Gasteiger partial charge in [0, 0.05) is 18.4 Å². The number of rotatable bonds is 3. The van der Waals surface area contributed by atoms with Crippen LogP contribution in [0.15, 0.2) is 28.9 Å². The molecule has 0 unspecified atom stereocenters. The van der Waals surface area contributed by atoms with Crippen LogP contribution in [0, 0.1) is 24.2 Å². The Labute approximate surface area is 135 Å². The van der Waals surface area contributed by atoms with E-state index in [0.717, 1.165) is 31.6 Å². The fourth-order valence-corrected chi connectivity index (χ4v) is 3.22. The Bertz CT molecular complexity index is 729. The van der Waals surface area contributed by atoms with Crippen molar-refractivity contribution in [2.45, 2.75) is 45.6 Å². The van der Waals surface area contributed by atoms with Crippen LogP contribution in [0.4, 0.5) is 0 Å². The van der Waals surface area contributed by atoms with Crippen LogP contribution < -0.4 is 5.32 Å². The van der Waals surface area contributed by atoms with Crippen LogP contribution in [-0.4, -0.2) is 16.5 Å². The standard InChI is InChI=1S/C18H21N3O2/c1-12-5-7-14(8-6-12)20-17(22)16-13(2)23-18(15(16)11-19)21-9-3-4-10-21/h3-4,9-10,12,14H,5-8H2,1-2H3,(H,20,22). The highest BCUT2D eigenvalue weighted by Gasteiger charge is 2.27. The summed E-state index contributed by atoms with van der Waals surface area (Å²) in [7, 11) is 0. The summed E-state index contributed by atoms with van der Waals surface area (Å²) >= 11 is 0. The number of furan rings is 1. The predicted octanol–water partition coefficient (Wildman–Crippen LogP) is 3.56. The number of nitrogens with one attached hydrogen (secondary N) is 1. The van der Waals surface area contributed by atoms with Gasteiger partial charge in [-0.3, -0.25) is 9.36 Å². The normalized spacial score (nSPS) is 20.9. The lowest BCUT2D eigenvalue weighted by Gasteiger charge is -2.26. The molecule has 0 radical (unpaired) electrons. The molecular weight excluding hydrogens is 290 g/mol. The van der Waals surface area contributed by atoms with Gasteiger partial charge in [-0.15, -0.1) is 0 Å². The zero-order valence-corrected chi connectivity index (χ0v) is 13.5. The number of carbonyl (C=O) groups excluding carboxylic acids is 1. The minimum atomic E-state index is -0.208. The van der Waals surface area contributed by atoms with Crippen molar-refractivity contribution in [3.8, 4) is 12.0 Å². The lowest BCUT2D eigenvalue weighted by atomic mass is 9.87. The van der Waals surface area contributed by atoms with Crippen molar-refractivity contribution in [2.24, 2.45) is 5.92 Å². The van der Waals surface area contributed by atoms with Gasteiger partial charge in [0.1, 0.15) is 23.0 Å². The van der Waals surface area contributed by atoms with E-state index in [9.17, 15) is 10.1 Å². The van der Waals surface area contributed by atoms with Crippen LogP contribution in [0.1, 0.15) is 54.3 Å². The number of aryl methyl sites for hydroxylation is 1. The monoisotopic (exact) mass is 311 g/mol. The minimum Gasteiger partial charge on any atom is -0.443 e. The van der Waals surface area contributed by atoms with E-state index in [2.05, 4.69) is 18.3 Å². The van der Waals surface area contributed by atoms with Crippen molar-refractivity contribution in [3.05, 3.63) is 41.4 Å². The van der Waals surface area contributed by atoms with E-state index in [1.807, 2.05) is 12.1 Å². The summed E-state index contributed by atoms with van der Waals surface area (Å²) in [4.78, 5) is 12.6. The molecule has 1 aliphatic carbocycles. The second-order valence-electron chi connectivity index (χ2n) is 6.35. The van der Waals surface area contributed by atoms with Crippen LogP contribution >= 0.6 is 0 Å². The molecule has 2 heterocycles. The summed E-state index contributed by atoms with van der Waals surface area (Å²) in [5, 5.41) is 12.6. The van der Waals surface area contributed by atoms with Crippen molar-refractivity contribution in [3.63, 3.8) is 0 Å². The molecule has 120 valence electrons.